The summed E-state index contributed by atoms with van der Waals surface area (Å²) >= 11 is 11.8. The van der Waals surface area contributed by atoms with E-state index in [0.29, 0.717) is 0 Å². The van der Waals surface area contributed by atoms with Crippen LogP contribution in [0.1, 0.15) is 13.8 Å². The summed E-state index contributed by atoms with van der Waals surface area (Å²) in [4.78, 5) is -0.303. The maximum atomic E-state index is 12.1. The zero-order valence-electron chi connectivity index (χ0n) is 11.3. The van der Waals surface area contributed by atoms with Crippen LogP contribution in [0.25, 0.3) is 0 Å². The Labute approximate surface area is 134 Å². The fourth-order valence-electron chi connectivity index (χ4n) is 1.57. The summed E-state index contributed by atoms with van der Waals surface area (Å²) in [6, 6.07) is 2.06. The molecular formula is C10H15Cl2N3O4S2. The summed E-state index contributed by atoms with van der Waals surface area (Å²) in [7, 11) is -7.83. The zero-order chi connectivity index (χ0) is 16.4. The van der Waals surface area contributed by atoms with Crippen LogP contribution in [0.4, 0.5) is 5.69 Å². The van der Waals surface area contributed by atoms with Gasteiger partial charge in [-0.3, -0.25) is 4.72 Å². The van der Waals surface area contributed by atoms with Crippen molar-refractivity contribution in [3.63, 3.8) is 0 Å². The monoisotopic (exact) mass is 375 g/mol. The molecule has 120 valence electrons. The molecule has 0 aromatic heterocycles. The number of primary sulfonamides is 1. The fraction of sp³-hybridized carbons (Fsp3) is 0.400. The van der Waals surface area contributed by atoms with E-state index in [1.807, 2.05) is 0 Å². The molecular weight excluding hydrogens is 361 g/mol. The smallest absolute Gasteiger partial charge is 0.268 e. The average molecular weight is 376 g/mol. The van der Waals surface area contributed by atoms with E-state index < -0.39 is 20.2 Å². The van der Waals surface area contributed by atoms with Gasteiger partial charge < -0.3 is 0 Å². The molecule has 0 aliphatic heterocycles. The molecule has 0 aliphatic carbocycles. The molecule has 0 amide bonds. The number of rotatable bonds is 6. The van der Waals surface area contributed by atoms with Crippen molar-refractivity contribution in [3.05, 3.63) is 22.2 Å². The lowest BCUT2D eigenvalue weighted by atomic mass is 10.3. The highest BCUT2D eigenvalue weighted by molar-refractivity contribution is 7.90. The van der Waals surface area contributed by atoms with Gasteiger partial charge >= 0.3 is 10.2 Å². The Bertz CT molecular complexity index is 708. The summed E-state index contributed by atoms with van der Waals surface area (Å²) in [6.07, 6.45) is 0. The maximum absolute atomic E-state index is 12.1. The Kier molecular flexibility index (Phi) is 5.87. The van der Waals surface area contributed by atoms with Gasteiger partial charge in [-0.25, -0.2) is 13.6 Å². The third kappa shape index (κ3) is 4.44. The molecule has 0 saturated heterocycles. The molecule has 0 radical (unpaired) electrons. The number of halogens is 2. The van der Waals surface area contributed by atoms with Gasteiger partial charge in [0.1, 0.15) is 0 Å². The van der Waals surface area contributed by atoms with Crippen LogP contribution in [0.5, 0.6) is 0 Å². The van der Waals surface area contributed by atoms with E-state index in [-0.39, 0.29) is 33.7 Å². The molecule has 0 spiro atoms. The van der Waals surface area contributed by atoms with Crippen LogP contribution in [0.15, 0.2) is 17.0 Å². The van der Waals surface area contributed by atoms with Crippen molar-refractivity contribution >= 4 is 49.1 Å². The highest BCUT2D eigenvalue weighted by Crippen LogP contribution is 2.34. The number of sulfonamides is 1. The first-order valence-corrected chi connectivity index (χ1v) is 9.56. The van der Waals surface area contributed by atoms with Crippen molar-refractivity contribution in [1.29, 1.82) is 0 Å². The van der Waals surface area contributed by atoms with Crippen molar-refractivity contribution < 1.29 is 16.8 Å². The summed E-state index contributed by atoms with van der Waals surface area (Å²) in [5.74, 6) is 0. The molecule has 11 heteroatoms. The molecule has 7 nitrogen and oxygen atoms in total. The molecule has 0 unspecified atom stereocenters. The standard InChI is InChI=1S/C10H15Cl2N3O4S2/c1-3-15(4-2)21(18,19)14-10-8(11)5-7(6-9(10)12)20(13,16)17/h5-6,14H,3-4H2,1-2H3,(H2,13,16,17). The van der Waals surface area contributed by atoms with Gasteiger partial charge in [0, 0.05) is 13.1 Å². The topological polar surface area (TPSA) is 110 Å². The molecule has 1 rings (SSSR count). The van der Waals surface area contributed by atoms with Gasteiger partial charge in [0.15, 0.2) is 0 Å². The van der Waals surface area contributed by atoms with E-state index in [2.05, 4.69) is 4.72 Å². The van der Waals surface area contributed by atoms with Crippen LogP contribution in [0.2, 0.25) is 10.0 Å². The first kappa shape index (κ1) is 18.5. The van der Waals surface area contributed by atoms with E-state index in [1.54, 1.807) is 13.8 Å². The number of nitrogens with zero attached hydrogens (tertiary/aromatic N) is 1. The summed E-state index contributed by atoms with van der Waals surface area (Å²) in [6.45, 7) is 3.87. The van der Waals surface area contributed by atoms with Gasteiger partial charge in [-0.05, 0) is 12.1 Å². The molecule has 1 aromatic rings. The molecule has 0 aliphatic rings. The lowest BCUT2D eigenvalue weighted by Gasteiger charge is -2.20. The Morgan fingerprint density at radius 3 is 1.86 bits per heavy atom. The highest BCUT2D eigenvalue weighted by Gasteiger charge is 2.22. The Balaban J connectivity index is 3.29. The molecule has 0 fully saturated rings. The van der Waals surface area contributed by atoms with E-state index >= 15 is 0 Å². The van der Waals surface area contributed by atoms with Crippen LogP contribution < -0.4 is 9.86 Å². The summed E-state index contributed by atoms with van der Waals surface area (Å²) in [5, 5.41) is 4.64. The SMILES string of the molecule is CCN(CC)S(=O)(=O)Nc1c(Cl)cc(S(N)(=O)=O)cc1Cl. The third-order valence-electron chi connectivity index (χ3n) is 2.62. The van der Waals surface area contributed by atoms with E-state index in [4.69, 9.17) is 28.3 Å². The van der Waals surface area contributed by atoms with Gasteiger partial charge in [0.05, 0.1) is 20.6 Å². The molecule has 0 bridgehead atoms. The predicted octanol–water partition coefficient (Wildman–Crippen LogP) is 1.64. The largest absolute Gasteiger partial charge is 0.301 e. The van der Waals surface area contributed by atoms with Crippen molar-refractivity contribution in [1.82, 2.24) is 4.31 Å². The highest BCUT2D eigenvalue weighted by atomic mass is 35.5. The zero-order valence-corrected chi connectivity index (χ0v) is 14.4. The van der Waals surface area contributed by atoms with Crippen LogP contribution >= 0.6 is 23.2 Å². The minimum atomic E-state index is -3.99. The summed E-state index contributed by atoms with van der Waals surface area (Å²) < 4.78 is 50.1. The van der Waals surface area contributed by atoms with Crippen LogP contribution in [-0.2, 0) is 20.2 Å². The van der Waals surface area contributed by atoms with Crippen LogP contribution in [-0.4, -0.2) is 34.2 Å². The van der Waals surface area contributed by atoms with Gasteiger partial charge in [-0.15, -0.1) is 0 Å². The van der Waals surface area contributed by atoms with Crippen molar-refractivity contribution in [2.45, 2.75) is 18.7 Å². The molecule has 21 heavy (non-hydrogen) atoms. The second-order valence-corrected chi connectivity index (χ2v) is 8.04. The number of nitrogens with two attached hydrogens (primary N) is 1. The quantitative estimate of drug-likeness (QED) is 0.786. The summed E-state index contributed by atoms with van der Waals surface area (Å²) in [5.41, 5.74) is -0.0994. The van der Waals surface area contributed by atoms with Gasteiger partial charge in [0.2, 0.25) is 10.0 Å². The Morgan fingerprint density at radius 2 is 1.52 bits per heavy atom. The van der Waals surface area contributed by atoms with Crippen LogP contribution in [0, 0.1) is 0 Å². The minimum Gasteiger partial charge on any atom is -0.268 e. The molecule has 0 heterocycles. The van der Waals surface area contributed by atoms with Crippen molar-refractivity contribution in [2.75, 3.05) is 17.8 Å². The number of anilines is 1. The van der Waals surface area contributed by atoms with E-state index in [0.717, 1.165) is 16.4 Å². The van der Waals surface area contributed by atoms with E-state index in [9.17, 15) is 16.8 Å². The van der Waals surface area contributed by atoms with E-state index in [1.165, 1.54) is 0 Å². The molecule has 3 N–H and O–H groups in total. The maximum Gasteiger partial charge on any atom is 0.301 e. The fourth-order valence-corrected chi connectivity index (χ4v) is 4.24. The first-order chi connectivity index (χ1) is 9.52. The van der Waals surface area contributed by atoms with Gasteiger partial charge in [0.25, 0.3) is 0 Å². The molecule has 1 aromatic carbocycles. The Hall–Kier alpha value is -0.580. The van der Waals surface area contributed by atoms with Gasteiger partial charge in [-0.2, -0.15) is 12.7 Å². The molecule has 0 saturated carbocycles. The third-order valence-corrected chi connectivity index (χ3v) is 5.77. The van der Waals surface area contributed by atoms with Crippen molar-refractivity contribution in [3.8, 4) is 0 Å². The number of nitrogens with one attached hydrogen (secondary N) is 1. The second kappa shape index (κ2) is 6.67. The first-order valence-electron chi connectivity index (χ1n) is 5.82. The lowest BCUT2D eigenvalue weighted by molar-refractivity contribution is 0.449. The normalized spacial score (nSPS) is 12.7. The minimum absolute atomic E-state index is 0.0994. The lowest BCUT2D eigenvalue weighted by Crippen LogP contribution is -2.35. The van der Waals surface area contributed by atoms with Crippen LogP contribution in [0.3, 0.4) is 0 Å². The van der Waals surface area contributed by atoms with Crippen molar-refractivity contribution in [2.24, 2.45) is 5.14 Å². The predicted molar refractivity (Wildman–Crippen MR) is 83.3 cm³/mol. The van der Waals surface area contributed by atoms with Gasteiger partial charge in [-0.1, -0.05) is 37.0 Å². The molecule has 0 atom stereocenters. The average Bonchev–Trinajstić information content (AvgIpc) is 2.33. The number of benzene rings is 1. The number of hydrogen-bond donors (Lipinski definition) is 2. The number of hydrogen-bond acceptors (Lipinski definition) is 4. The second-order valence-electron chi connectivity index (χ2n) is 4.00. The Morgan fingerprint density at radius 1 is 1.10 bits per heavy atom.